The molecule has 2 aromatic carbocycles. The third-order valence-electron chi connectivity index (χ3n) is 6.98. The summed E-state index contributed by atoms with van der Waals surface area (Å²) in [6.07, 6.45) is 4.69. The Hall–Kier alpha value is -3.53. The Morgan fingerprint density at radius 2 is 1.23 bits per heavy atom. The summed E-state index contributed by atoms with van der Waals surface area (Å²) in [5.41, 5.74) is 12.8. The maximum atomic E-state index is 13.9. The number of hydrogen-bond donors (Lipinski definition) is 2. The van der Waals surface area contributed by atoms with Gasteiger partial charge in [0, 0.05) is 24.0 Å². The van der Waals surface area contributed by atoms with E-state index in [0.29, 0.717) is 57.0 Å². The molecule has 6 nitrogen and oxygen atoms in total. The molecule has 2 heterocycles. The lowest BCUT2D eigenvalue weighted by molar-refractivity contribution is -0.115. The first-order chi connectivity index (χ1) is 22.2. The van der Waals surface area contributed by atoms with E-state index in [9.17, 15) is 18.4 Å². The Morgan fingerprint density at radius 3 is 1.70 bits per heavy atom. The van der Waals surface area contributed by atoms with Crippen molar-refractivity contribution in [2.75, 3.05) is 11.1 Å². The van der Waals surface area contributed by atoms with Crippen molar-refractivity contribution in [2.24, 2.45) is 0 Å². The van der Waals surface area contributed by atoms with Gasteiger partial charge in [-0.05, 0) is 96.3 Å². The SMILES string of the molecule is CC(Cl)C(=O)Cl.CC(Cl)C(=O)Nc1ccc(Cl)nc1C1=Cc2c(F)cccc2C1.Nc1ccc(Cl)nc1C1=Cc2c(F)cccc2C1. The van der Waals surface area contributed by atoms with Crippen LogP contribution in [-0.2, 0) is 22.4 Å². The average molecular weight is 739 g/mol. The number of nitrogens with zero attached hydrogens (tertiary/aromatic N) is 2. The maximum absolute atomic E-state index is 13.9. The van der Waals surface area contributed by atoms with Gasteiger partial charge in [0.1, 0.15) is 32.7 Å². The minimum absolute atomic E-state index is 0.219. The monoisotopic (exact) mass is 736 g/mol. The average Bonchev–Trinajstić information content (AvgIpc) is 3.66. The Morgan fingerprint density at radius 1 is 0.766 bits per heavy atom. The molecule has 2 atom stereocenters. The number of benzene rings is 2. The van der Waals surface area contributed by atoms with Gasteiger partial charge in [-0.1, -0.05) is 47.5 Å². The highest BCUT2D eigenvalue weighted by molar-refractivity contribution is 6.69. The van der Waals surface area contributed by atoms with Crippen LogP contribution in [0.1, 0.15) is 47.5 Å². The largest absolute Gasteiger partial charge is 0.397 e. The predicted octanol–water partition coefficient (Wildman–Crippen LogP) is 9.47. The van der Waals surface area contributed by atoms with Crippen molar-refractivity contribution in [3.05, 3.63) is 116 Å². The number of carbonyl (C=O) groups is 2. The zero-order chi connectivity index (χ0) is 34.4. The molecule has 13 heteroatoms. The first-order valence-corrected chi connectivity index (χ1v) is 16.1. The van der Waals surface area contributed by atoms with Crippen LogP contribution in [0.15, 0.2) is 60.7 Å². The van der Waals surface area contributed by atoms with Crippen molar-refractivity contribution in [1.82, 2.24) is 9.97 Å². The standard InChI is InChI=1S/C17H13Cl2FN2O.C14H10ClFN2.C3H4Cl2O/c1-9(18)17(23)21-14-5-6-15(19)22-16(14)11-7-10-3-2-4-13(20)12(10)8-11;15-13-5-4-12(17)14(18-13)9-6-8-2-1-3-11(16)10(8)7-9;1-2(4)3(5)6/h2-6,8-9H,7H2,1H3,(H,21,23);1-5,7H,6,17H2;2H,1H3. The number of pyridine rings is 2. The number of carbonyl (C=O) groups excluding carboxylic acids is 2. The number of hydrogen-bond acceptors (Lipinski definition) is 5. The molecule has 0 saturated carbocycles. The molecule has 3 N–H and O–H groups in total. The molecule has 244 valence electrons. The van der Waals surface area contributed by atoms with Crippen molar-refractivity contribution in [3.8, 4) is 0 Å². The lowest BCUT2D eigenvalue weighted by Crippen LogP contribution is -2.21. The van der Waals surface area contributed by atoms with E-state index < -0.39 is 16.0 Å². The minimum Gasteiger partial charge on any atom is -0.397 e. The second kappa shape index (κ2) is 16.0. The van der Waals surface area contributed by atoms with E-state index in [0.717, 1.165) is 22.3 Å². The molecule has 47 heavy (non-hydrogen) atoms. The second-order valence-corrected chi connectivity index (χ2v) is 12.9. The number of anilines is 2. The molecule has 0 saturated heterocycles. The molecule has 2 aliphatic rings. The fraction of sp³-hybridized carbons (Fsp3) is 0.176. The van der Waals surface area contributed by atoms with Crippen molar-refractivity contribution < 1.29 is 18.4 Å². The first kappa shape index (κ1) is 36.3. The van der Waals surface area contributed by atoms with Gasteiger partial charge in [-0.25, -0.2) is 18.7 Å². The summed E-state index contributed by atoms with van der Waals surface area (Å²) in [5, 5.41) is 1.69. The van der Waals surface area contributed by atoms with Crippen LogP contribution in [0.25, 0.3) is 23.3 Å². The summed E-state index contributed by atoms with van der Waals surface area (Å²) in [6, 6.07) is 16.6. The number of nitrogens with one attached hydrogen (secondary N) is 1. The highest BCUT2D eigenvalue weighted by atomic mass is 35.5. The Bertz CT molecular complexity index is 1900. The molecule has 1 amide bonds. The van der Waals surface area contributed by atoms with Crippen LogP contribution in [0.4, 0.5) is 20.2 Å². The Labute approximate surface area is 295 Å². The molecule has 0 radical (unpaired) electrons. The Balaban J connectivity index is 0.000000185. The normalized spacial score (nSPS) is 13.8. The van der Waals surface area contributed by atoms with Gasteiger partial charge in [0.25, 0.3) is 0 Å². The molecular weight excluding hydrogens is 712 g/mol. The molecular formula is C34H27Cl5F2N4O2. The van der Waals surface area contributed by atoms with Crippen LogP contribution in [0.5, 0.6) is 0 Å². The van der Waals surface area contributed by atoms with E-state index in [-0.39, 0.29) is 17.5 Å². The molecule has 0 aliphatic heterocycles. The number of fused-ring (bicyclic) bond motifs is 2. The van der Waals surface area contributed by atoms with Gasteiger partial charge in [0.05, 0.1) is 22.8 Å². The number of halogens is 7. The summed E-state index contributed by atoms with van der Waals surface area (Å²) in [5.74, 6) is -0.832. The topological polar surface area (TPSA) is 98.0 Å². The lowest BCUT2D eigenvalue weighted by atomic mass is 10.1. The molecule has 0 fully saturated rings. The summed E-state index contributed by atoms with van der Waals surface area (Å²) in [7, 11) is 0. The van der Waals surface area contributed by atoms with Gasteiger partial charge in [-0.15, -0.1) is 23.2 Å². The summed E-state index contributed by atoms with van der Waals surface area (Å²) < 4.78 is 27.5. The third-order valence-corrected chi connectivity index (χ3v) is 8.24. The summed E-state index contributed by atoms with van der Waals surface area (Å²) in [4.78, 5) is 30.1. The van der Waals surface area contributed by atoms with Crippen LogP contribution >= 0.6 is 58.0 Å². The minimum atomic E-state index is -0.675. The summed E-state index contributed by atoms with van der Waals surface area (Å²) >= 11 is 27.6. The molecule has 2 unspecified atom stereocenters. The molecule has 0 bridgehead atoms. The van der Waals surface area contributed by atoms with E-state index in [1.807, 2.05) is 12.1 Å². The molecule has 6 rings (SSSR count). The number of amides is 1. The van der Waals surface area contributed by atoms with E-state index in [1.165, 1.54) is 19.1 Å². The molecule has 4 aromatic rings. The second-order valence-electron chi connectivity index (χ2n) is 10.4. The van der Waals surface area contributed by atoms with Crippen LogP contribution in [-0.4, -0.2) is 31.9 Å². The highest BCUT2D eigenvalue weighted by Gasteiger charge is 2.22. The predicted molar refractivity (Wildman–Crippen MR) is 189 cm³/mol. The van der Waals surface area contributed by atoms with Gasteiger partial charge < -0.3 is 11.1 Å². The molecule has 2 aliphatic carbocycles. The van der Waals surface area contributed by atoms with Crippen molar-refractivity contribution in [1.29, 1.82) is 0 Å². The Kier molecular flexibility index (Phi) is 12.4. The molecule has 2 aromatic heterocycles. The van der Waals surface area contributed by atoms with E-state index in [4.69, 9.17) is 63.7 Å². The third kappa shape index (κ3) is 9.30. The maximum Gasteiger partial charge on any atom is 0.242 e. The van der Waals surface area contributed by atoms with Crippen molar-refractivity contribution >= 4 is 104 Å². The number of nitrogens with two attached hydrogens (primary N) is 1. The number of rotatable bonds is 5. The lowest BCUT2D eigenvalue weighted by Gasteiger charge is -2.12. The van der Waals surface area contributed by atoms with Crippen LogP contribution in [0.2, 0.25) is 10.3 Å². The molecule has 0 spiro atoms. The smallest absolute Gasteiger partial charge is 0.242 e. The van der Waals surface area contributed by atoms with Crippen LogP contribution < -0.4 is 11.1 Å². The van der Waals surface area contributed by atoms with E-state index in [2.05, 4.69) is 15.3 Å². The fourth-order valence-corrected chi connectivity index (χ4v) is 5.03. The van der Waals surface area contributed by atoms with Gasteiger partial charge >= 0.3 is 0 Å². The number of alkyl halides is 2. The summed E-state index contributed by atoms with van der Waals surface area (Å²) in [6.45, 7) is 3.11. The zero-order valence-electron chi connectivity index (χ0n) is 24.9. The quantitative estimate of drug-likeness (QED) is 0.121. The highest BCUT2D eigenvalue weighted by Crippen LogP contribution is 2.36. The van der Waals surface area contributed by atoms with Crippen LogP contribution in [0.3, 0.4) is 0 Å². The zero-order valence-corrected chi connectivity index (χ0v) is 28.7. The van der Waals surface area contributed by atoms with Gasteiger partial charge in [-0.3, -0.25) is 9.59 Å². The number of nitrogen functional groups attached to an aromatic ring is 1. The first-order valence-electron chi connectivity index (χ1n) is 14.1. The van der Waals surface area contributed by atoms with Gasteiger partial charge in [0.15, 0.2) is 0 Å². The van der Waals surface area contributed by atoms with Crippen molar-refractivity contribution in [3.63, 3.8) is 0 Å². The van der Waals surface area contributed by atoms with Gasteiger partial charge in [-0.2, -0.15) is 0 Å². The van der Waals surface area contributed by atoms with Crippen molar-refractivity contribution in [2.45, 2.75) is 37.4 Å². The fourth-order valence-electron chi connectivity index (χ4n) is 4.68. The van der Waals surface area contributed by atoms with Crippen LogP contribution in [0, 0.1) is 11.6 Å². The van der Waals surface area contributed by atoms with E-state index in [1.54, 1.807) is 55.5 Å². The number of aromatic nitrogens is 2. The number of allylic oxidation sites excluding steroid dienone is 2. The van der Waals surface area contributed by atoms with Gasteiger partial charge in [0.2, 0.25) is 11.1 Å². The van der Waals surface area contributed by atoms with E-state index >= 15 is 0 Å².